The molecule has 0 bridgehead atoms. The molecule has 4 heteroatoms. The smallest absolute Gasteiger partial charge is 0.326 e. The van der Waals surface area contributed by atoms with Gasteiger partial charge in [0.25, 0.3) is 0 Å². The van der Waals surface area contributed by atoms with Crippen molar-refractivity contribution in [2.45, 2.75) is 32.7 Å². The monoisotopic (exact) mass is 245 g/mol. The van der Waals surface area contributed by atoms with Gasteiger partial charge in [-0.25, -0.2) is 4.79 Å². The van der Waals surface area contributed by atoms with Crippen molar-refractivity contribution in [2.75, 3.05) is 0 Å². The minimum Gasteiger partial charge on any atom is -0.326 e. The molecule has 0 aliphatic carbocycles. The fourth-order valence-corrected chi connectivity index (χ4v) is 1.96. The van der Waals surface area contributed by atoms with Crippen molar-refractivity contribution < 1.29 is 0 Å². The minimum atomic E-state index is -0.111. The van der Waals surface area contributed by atoms with E-state index >= 15 is 0 Å². The number of nitrogens with one attached hydrogen (secondary N) is 1. The first kappa shape index (κ1) is 12.6. The second-order valence-electron chi connectivity index (χ2n) is 5.44. The second kappa shape index (κ2) is 4.46. The molecule has 2 aromatic rings. The number of rotatable bonds is 2. The van der Waals surface area contributed by atoms with Gasteiger partial charge in [-0.2, -0.15) is 0 Å². The molecular weight excluding hydrogens is 226 g/mol. The number of H-pyrrole nitrogens is 1. The highest BCUT2D eigenvalue weighted by atomic mass is 16.1. The van der Waals surface area contributed by atoms with E-state index < -0.39 is 0 Å². The van der Waals surface area contributed by atoms with Crippen molar-refractivity contribution in [1.29, 1.82) is 0 Å². The Hall–Kier alpha value is -1.81. The van der Waals surface area contributed by atoms with Crippen LogP contribution in [0.4, 0.5) is 0 Å². The van der Waals surface area contributed by atoms with Crippen molar-refractivity contribution in [3.8, 4) is 5.69 Å². The molecule has 18 heavy (non-hydrogen) atoms. The third-order valence-electron chi connectivity index (χ3n) is 2.98. The molecule has 0 unspecified atom stereocenters. The van der Waals surface area contributed by atoms with E-state index in [4.69, 9.17) is 5.73 Å². The molecule has 0 atom stereocenters. The molecule has 0 fully saturated rings. The van der Waals surface area contributed by atoms with Crippen molar-refractivity contribution in [2.24, 2.45) is 5.73 Å². The van der Waals surface area contributed by atoms with E-state index in [0.717, 1.165) is 16.9 Å². The fourth-order valence-electron chi connectivity index (χ4n) is 1.96. The molecule has 0 radical (unpaired) electrons. The Bertz CT molecular complexity index is 585. The van der Waals surface area contributed by atoms with Crippen LogP contribution in [-0.2, 0) is 12.0 Å². The molecule has 0 aliphatic heterocycles. The molecule has 4 nitrogen and oxygen atoms in total. The predicted molar refractivity (Wildman–Crippen MR) is 73.0 cm³/mol. The van der Waals surface area contributed by atoms with E-state index in [1.807, 2.05) is 24.3 Å². The first-order valence-corrected chi connectivity index (χ1v) is 6.04. The Morgan fingerprint density at radius 1 is 1.22 bits per heavy atom. The molecule has 3 N–H and O–H groups in total. The first-order chi connectivity index (χ1) is 8.43. The second-order valence-corrected chi connectivity index (χ2v) is 5.44. The average molecular weight is 245 g/mol. The maximum Gasteiger partial charge on any atom is 0.330 e. The number of benzene rings is 1. The van der Waals surface area contributed by atoms with Crippen LogP contribution in [0.1, 0.15) is 32.0 Å². The number of nitrogens with two attached hydrogens (primary N) is 1. The zero-order valence-corrected chi connectivity index (χ0v) is 11.0. The van der Waals surface area contributed by atoms with Crippen molar-refractivity contribution in [3.63, 3.8) is 0 Å². The molecule has 0 saturated carbocycles. The number of aromatic amines is 1. The minimum absolute atomic E-state index is 0.0916. The van der Waals surface area contributed by atoms with Gasteiger partial charge in [-0.3, -0.25) is 4.57 Å². The number of hydrogen-bond donors (Lipinski definition) is 2. The van der Waals surface area contributed by atoms with Crippen LogP contribution in [-0.4, -0.2) is 9.55 Å². The highest BCUT2D eigenvalue weighted by Gasteiger charge is 2.20. The SMILES string of the molecule is CC(C)(C)c1c[nH]c(=O)n1-c1ccc(CN)cc1. The number of aromatic nitrogens is 2. The molecule has 1 heterocycles. The first-order valence-electron chi connectivity index (χ1n) is 6.04. The standard InChI is InChI=1S/C14H19N3O/c1-14(2,3)12-9-16-13(18)17(12)11-6-4-10(8-15)5-7-11/h4-7,9H,8,15H2,1-3H3,(H,16,18). The van der Waals surface area contributed by atoms with Gasteiger partial charge in [0.05, 0.1) is 5.69 Å². The number of imidazole rings is 1. The maximum atomic E-state index is 11.9. The van der Waals surface area contributed by atoms with E-state index in [-0.39, 0.29) is 11.1 Å². The molecular formula is C14H19N3O. The highest BCUT2D eigenvalue weighted by Crippen LogP contribution is 2.23. The molecule has 1 aromatic carbocycles. The van der Waals surface area contributed by atoms with Gasteiger partial charge in [0.1, 0.15) is 0 Å². The maximum absolute atomic E-state index is 11.9. The summed E-state index contributed by atoms with van der Waals surface area (Å²) in [5, 5.41) is 0. The Labute approximate surface area is 106 Å². The summed E-state index contributed by atoms with van der Waals surface area (Å²) in [6.07, 6.45) is 1.78. The zero-order chi connectivity index (χ0) is 13.3. The lowest BCUT2D eigenvalue weighted by molar-refractivity contribution is 0.554. The van der Waals surface area contributed by atoms with Crippen LogP contribution in [0, 0.1) is 0 Å². The van der Waals surface area contributed by atoms with E-state index in [0.29, 0.717) is 6.54 Å². The van der Waals surface area contributed by atoms with E-state index in [9.17, 15) is 4.79 Å². The van der Waals surface area contributed by atoms with Gasteiger partial charge in [0.15, 0.2) is 0 Å². The Balaban J connectivity index is 2.56. The van der Waals surface area contributed by atoms with Gasteiger partial charge in [-0.05, 0) is 17.7 Å². The lowest BCUT2D eigenvalue weighted by atomic mass is 9.92. The molecule has 0 aliphatic rings. The van der Waals surface area contributed by atoms with E-state index in [1.54, 1.807) is 10.8 Å². The summed E-state index contributed by atoms with van der Waals surface area (Å²) in [4.78, 5) is 14.7. The van der Waals surface area contributed by atoms with Gasteiger partial charge < -0.3 is 10.7 Å². The largest absolute Gasteiger partial charge is 0.330 e. The van der Waals surface area contributed by atoms with Gasteiger partial charge in [-0.15, -0.1) is 0 Å². The summed E-state index contributed by atoms with van der Waals surface area (Å²) in [6, 6.07) is 7.74. The van der Waals surface area contributed by atoms with Crippen LogP contribution in [0.15, 0.2) is 35.3 Å². The summed E-state index contributed by atoms with van der Waals surface area (Å²) in [6.45, 7) is 6.76. The summed E-state index contributed by atoms with van der Waals surface area (Å²) < 4.78 is 1.71. The zero-order valence-electron chi connectivity index (χ0n) is 11.0. The van der Waals surface area contributed by atoms with Crippen LogP contribution in [0.2, 0.25) is 0 Å². The van der Waals surface area contributed by atoms with Crippen LogP contribution in [0.5, 0.6) is 0 Å². The van der Waals surface area contributed by atoms with Gasteiger partial charge in [-0.1, -0.05) is 32.9 Å². The molecule has 2 rings (SSSR count). The Kier molecular flexibility index (Phi) is 3.13. The molecule has 96 valence electrons. The van der Waals surface area contributed by atoms with Crippen LogP contribution < -0.4 is 11.4 Å². The van der Waals surface area contributed by atoms with Crippen LogP contribution >= 0.6 is 0 Å². The summed E-state index contributed by atoms with van der Waals surface area (Å²) in [5.41, 5.74) is 8.26. The highest BCUT2D eigenvalue weighted by molar-refractivity contribution is 5.37. The van der Waals surface area contributed by atoms with E-state index in [2.05, 4.69) is 25.8 Å². The topological polar surface area (TPSA) is 63.8 Å². The van der Waals surface area contributed by atoms with Crippen molar-refractivity contribution in [3.05, 3.63) is 52.2 Å². The van der Waals surface area contributed by atoms with Gasteiger partial charge in [0.2, 0.25) is 0 Å². The lowest BCUT2D eigenvalue weighted by Crippen LogP contribution is -2.23. The quantitative estimate of drug-likeness (QED) is 0.849. The number of hydrogen-bond acceptors (Lipinski definition) is 2. The molecule has 0 saturated heterocycles. The molecule has 0 spiro atoms. The van der Waals surface area contributed by atoms with Crippen molar-refractivity contribution in [1.82, 2.24) is 9.55 Å². The third-order valence-corrected chi connectivity index (χ3v) is 2.98. The van der Waals surface area contributed by atoms with Crippen molar-refractivity contribution >= 4 is 0 Å². The summed E-state index contributed by atoms with van der Waals surface area (Å²) in [5.74, 6) is 0. The fraction of sp³-hybridized carbons (Fsp3) is 0.357. The van der Waals surface area contributed by atoms with E-state index in [1.165, 1.54) is 0 Å². The summed E-state index contributed by atoms with van der Waals surface area (Å²) >= 11 is 0. The Morgan fingerprint density at radius 2 is 1.83 bits per heavy atom. The molecule has 1 aromatic heterocycles. The summed E-state index contributed by atoms with van der Waals surface area (Å²) in [7, 11) is 0. The molecule has 0 amide bonds. The average Bonchev–Trinajstić information content (AvgIpc) is 2.71. The lowest BCUT2D eigenvalue weighted by Gasteiger charge is -2.20. The van der Waals surface area contributed by atoms with Crippen LogP contribution in [0.3, 0.4) is 0 Å². The van der Waals surface area contributed by atoms with Crippen LogP contribution in [0.25, 0.3) is 5.69 Å². The van der Waals surface area contributed by atoms with Gasteiger partial charge >= 0.3 is 5.69 Å². The third kappa shape index (κ3) is 2.24. The Morgan fingerprint density at radius 3 is 2.33 bits per heavy atom. The predicted octanol–water partition coefficient (Wildman–Crippen LogP) is 1.92. The normalized spacial score (nSPS) is 11.8. The number of nitrogens with zero attached hydrogens (tertiary/aromatic N) is 1. The van der Waals surface area contributed by atoms with Gasteiger partial charge in [0, 0.05) is 23.9 Å².